The molecule has 1 aliphatic heterocycles. The first kappa shape index (κ1) is 17.3. The second-order valence-electron chi connectivity index (χ2n) is 5.23. The first-order valence-corrected chi connectivity index (χ1v) is 7.08. The minimum absolute atomic E-state index is 0. The molecule has 20 heavy (non-hydrogen) atoms. The molecule has 1 N–H and O–H groups in total. The number of rotatable bonds is 5. The molecule has 1 heterocycles. The average molecular weight is 305 g/mol. The zero-order valence-electron chi connectivity index (χ0n) is 11.9. The molecule has 0 amide bonds. The summed E-state index contributed by atoms with van der Waals surface area (Å²) in [6, 6.07) is 4.32. The molecular formula is C15H23ClF2N2. The Hall–Kier alpha value is -0.710. The van der Waals surface area contributed by atoms with E-state index < -0.39 is 11.6 Å². The van der Waals surface area contributed by atoms with Gasteiger partial charge >= 0.3 is 0 Å². The van der Waals surface area contributed by atoms with Gasteiger partial charge < -0.3 is 5.32 Å². The van der Waals surface area contributed by atoms with Crippen LogP contribution in [0.25, 0.3) is 0 Å². The predicted octanol–water partition coefficient (Wildman–Crippen LogP) is 3.35. The van der Waals surface area contributed by atoms with Crippen LogP contribution >= 0.6 is 12.4 Å². The van der Waals surface area contributed by atoms with E-state index >= 15 is 0 Å². The van der Waals surface area contributed by atoms with Crippen LogP contribution < -0.4 is 5.32 Å². The first-order chi connectivity index (χ1) is 9.19. The van der Waals surface area contributed by atoms with E-state index in [1.807, 2.05) is 0 Å². The summed E-state index contributed by atoms with van der Waals surface area (Å²) in [6.07, 6.45) is 3.28. The summed E-state index contributed by atoms with van der Waals surface area (Å²) in [5.41, 5.74) is 0.726. The van der Waals surface area contributed by atoms with Crippen LogP contribution in [0.4, 0.5) is 8.78 Å². The van der Waals surface area contributed by atoms with Crippen molar-refractivity contribution in [3.8, 4) is 0 Å². The Labute approximate surface area is 126 Å². The Kier molecular flexibility index (Phi) is 7.41. The zero-order valence-corrected chi connectivity index (χ0v) is 12.7. The molecule has 0 unspecified atom stereocenters. The standard InChI is InChI=1S/C15H22F2N2.ClH/c1-2-7-19(15-3-5-18-6-4-15)11-12-8-13(16)10-14(17)9-12;/h8-10,15,18H,2-7,11H2,1H3;1H. The third-order valence-electron chi connectivity index (χ3n) is 3.64. The zero-order chi connectivity index (χ0) is 13.7. The lowest BCUT2D eigenvalue weighted by Gasteiger charge is -2.34. The number of hydrogen-bond donors (Lipinski definition) is 1. The predicted molar refractivity (Wildman–Crippen MR) is 80.2 cm³/mol. The Morgan fingerprint density at radius 1 is 1.15 bits per heavy atom. The van der Waals surface area contributed by atoms with Gasteiger partial charge in [0.2, 0.25) is 0 Å². The molecule has 1 saturated heterocycles. The van der Waals surface area contributed by atoms with Crippen LogP contribution in [0.15, 0.2) is 18.2 Å². The van der Waals surface area contributed by atoms with Gasteiger partial charge in [-0.3, -0.25) is 4.90 Å². The molecule has 2 nitrogen and oxygen atoms in total. The Bertz CT molecular complexity index is 389. The van der Waals surface area contributed by atoms with Crippen molar-refractivity contribution in [3.63, 3.8) is 0 Å². The maximum absolute atomic E-state index is 13.2. The summed E-state index contributed by atoms with van der Waals surface area (Å²) in [5.74, 6) is -0.978. The van der Waals surface area contributed by atoms with Gasteiger partial charge in [-0.25, -0.2) is 8.78 Å². The first-order valence-electron chi connectivity index (χ1n) is 7.08. The summed E-state index contributed by atoms with van der Waals surface area (Å²) in [4.78, 5) is 2.36. The van der Waals surface area contributed by atoms with Crippen LogP contribution in [0, 0.1) is 11.6 Å². The van der Waals surface area contributed by atoms with Crippen molar-refractivity contribution in [2.24, 2.45) is 0 Å². The van der Waals surface area contributed by atoms with Crippen molar-refractivity contribution in [1.82, 2.24) is 10.2 Å². The third-order valence-corrected chi connectivity index (χ3v) is 3.64. The van der Waals surface area contributed by atoms with Crippen LogP contribution in [0.1, 0.15) is 31.7 Å². The SMILES string of the molecule is CCCN(Cc1cc(F)cc(F)c1)C1CCNCC1.Cl. The normalized spacial score (nSPS) is 16.2. The molecule has 5 heteroatoms. The number of piperidine rings is 1. The highest BCUT2D eigenvalue weighted by molar-refractivity contribution is 5.85. The van der Waals surface area contributed by atoms with E-state index in [9.17, 15) is 8.78 Å². The summed E-state index contributed by atoms with van der Waals surface area (Å²) < 4.78 is 26.5. The van der Waals surface area contributed by atoms with Gasteiger partial charge in [-0.05, 0) is 56.6 Å². The summed E-state index contributed by atoms with van der Waals surface area (Å²) in [6.45, 7) is 5.81. The van der Waals surface area contributed by atoms with E-state index in [1.54, 1.807) is 0 Å². The van der Waals surface area contributed by atoms with Gasteiger partial charge in [-0.2, -0.15) is 0 Å². The smallest absolute Gasteiger partial charge is 0.126 e. The van der Waals surface area contributed by atoms with Crippen LogP contribution in [-0.2, 0) is 6.54 Å². The Morgan fingerprint density at radius 2 is 1.75 bits per heavy atom. The van der Waals surface area contributed by atoms with Gasteiger partial charge in [0.15, 0.2) is 0 Å². The molecule has 1 aromatic rings. The molecule has 0 bridgehead atoms. The maximum Gasteiger partial charge on any atom is 0.126 e. The molecule has 1 fully saturated rings. The molecular weight excluding hydrogens is 282 g/mol. The average Bonchev–Trinajstić information content (AvgIpc) is 2.38. The monoisotopic (exact) mass is 304 g/mol. The fourth-order valence-corrected chi connectivity index (χ4v) is 2.79. The number of benzene rings is 1. The van der Waals surface area contributed by atoms with E-state index in [4.69, 9.17) is 0 Å². The maximum atomic E-state index is 13.2. The number of hydrogen-bond acceptors (Lipinski definition) is 2. The highest BCUT2D eigenvalue weighted by Gasteiger charge is 2.20. The van der Waals surface area contributed by atoms with E-state index in [2.05, 4.69) is 17.1 Å². The lowest BCUT2D eigenvalue weighted by atomic mass is 10.0. The van der Waals surface area contributed by atoms with Crippen molar-refractivity contribution < 1.29 is 8.78 Å². The van der Waals surface area contributed by atoms with Crippen molar-refractivity contribution in [2.75, 3.05) is 19.6 Å². The lowest BCUT2D eigenvalue weighted by molar-refractivity contribution is 0.154. The molecule has 0 aliphatic carbocycles. The van der Waals surface area contributed by atoms with Gasteiger partial charge in [0.25, 0.3) is 0 Å². The van der Waals surface area contributed by atoms with Gasteiger partial charge in [0.05, 0.1) is 0 Å². The number of nitrogens with one attached hydrogen (secondary N) is 1. The summed E-state index contributed by atoms with van der Waals surface area (Å²) >= 11 is 0. The molecule has 0 saturated carbocycles. The second-order valence-corrected chi connectivity index (χ2v) is 5.23. The van der Waals surface area contributed by atoms with Gasteiger partial charge in [-0.1, -0.05) is 6.92 Å². The van der Waals surface area contributed by atoms with Gasteiger partial charge in [0, 0.05) is 18.7 Å². The van der Waals surface area contributed by atoms with Gasteiger partial charge in [0.1, 0.15) is 11.6 Å². The van der Waals surface area contributed by atoms with E-state index in [-0.39, 0.29) is 12.4 Å². The van der Waals surface area contributed by atoms with Crippen LogP contribution in [0.2, 0.25) is 0 Å². The topological polar surface area (TPSA) is 15.3 Å². The van der Waals surface area contributed by atoms with Crippen LogP contribution in [-0.4, -0.2) is 30.6 Å². The van der Waals surface area contributed by atoms with Crippen LogP contribution in [0.5, 0.6) is 0 Å². The summed E-state index contributed by atoms with van der Waals surface area (Å²) in [7, 11) is 0. The fourth-order valence-electron chi connectivity index (χ4n) is 2.79. The molecule has 0 radical (unpaired) electrons. The minimum atomic E-state index is -0.489. The van der Waals surface area contributed by atoms with Crippen molar-refractivity contribution >= 4 is 12.4 Å². The lowest BCUT2D eigenvalue weighted by Crippen LogP contribution is -2.43. The molecule has 0 aromatic heterocycles. The fraction of sp³-hybridized carbons (Fsp3) is 0.600. The molecule has 1 aromatic carbocycles. The largest absolute Gasteiger partial charge is 0.317 e. The van der Waals surface area contributed by atoms with Gasteiger partial charge in [-0.15, -0.1) is 12.4 Å². The van der Waals surface area contributed by atoms with Crippen molar-refractivity contribution in [1.29, 1.82) is 0 Å². The molecule has 114 valence electrons. The molecule has 0 spiro atoms. The molecule has 0 atom stereocenters. The third kappa shape index (κ3) is 5.00. The van der Waals surface area contributed by atoms with E-state index in [1.165, 1.54) is 12.1 Å². The van der Waals surface area contributed by atoms with E-state index in [0.29, 0.717) is 12.6 Å². The summed E-state index contributed by atoms with van der Waals surface area (Å²) in [5, 5.41) is 3.35. The van der Waals surface area contributed by atoms with Crippen molar-refractivity contribution in [2.45, 2.75) is 38.8 Å². The number of halogens is 3. The highest BCUT2D eigenvalue weighted by Crippen LogP contribution is 2.17. The minimum Gasteiger partial charge on any atom is -0.317 e. The molecule has 1 aliphatic rings. The second kappa shape index (κ2) is 8.55. The quantitative estimate of drug-likeness (QED) is 0.897. The number of nitrogens with zero attached hydrogens (tertiary/aromatic N) is 1. The highest BCUT2D eigenvalue weighted by atomic mass is 35.5. The Morgan fingerprint density at radius 3 is 2.30 bits per heavy atom. The van der Waals surface area contributed by atoms with E-state index in [0.717, 1.165) is 50.5 Å². The van der Waals surface area contributed by atoms with Crippen molar-refractivity contribution in [3.05, 3.63) is 35.4 Å². The molecule has 2 rings (SSSR count). The Balaban J connectivity index is 0.00000200. The van der Waals surface area contributed by atoms with Crippen LogP contribution in [0.3, 0.4) is 0 Å².